The van der Waals surface area contributed by atoms with Gasteiger partial charge in [0.15, 0.2) is 0 Å². The molecule has 1 aliphatic rings. The van der Waals surface area contributed by atoms with Crippen molar-refractivity contribution in [3.63, 3.8) is 0 Å². The second-order valence-corrected chi connectivity index (χ2v) is 6.11. The van der Waals surface area contributed by atoms with Gasteiger partial charge in [-0.05, 0) is 12.0 Å². The first kappa shape index (κ1) is 18.4. The van der Waals surface area contributed by atoms with E-state index in [-0.39, 0.29) is 24.9 Å². The van der Waals surface area contributed by atoms with Gasteiger partial charge in [-0.15, -0.1) is 0 Å². The molecule has 1 aromatic carbocycles. The van der Waals surface area contributed by atoms with Crippen LogP contribution in [0.1, 0.15) is 18.9 Å². The number of nitrogens with two attached hydrogens (primary N) is 1. The molecule has 0 spiro atoms. The van der Waals surface area contributed by atoms with Gasteiger partial charge in [-0.2, -0.15) is 0 Å². The number of amides is 2. The Morgan fingerprint density at radius 1 is 1.38 bits per heavy atom. The minimum absolute atomic E-state index is 0.0354. The molecule has 1 heterocycles. The number of benzene rings is 1. The quantitative estimate of drug-likeness (QED) is 0.686. The second-order valence-electron chi connectivity index (χ2n) is 6.11. The Labute approximate surface area is 143 Å². The summed E-state index contributed by atoms with van der Waals surface area (Å²) in [5.74, 6) is -0.179. The zero-order valence-corrected chi connectivity index (χ0v) is 14.4. The number of nitrogens with one attached hydrogen (secondary N) is 1. The summed E-state index contributed by atoms with van der Waals surface area (Å²) in [6.07, 6.45) is 0.447. The van der Waals surface area contributed by atoms with E-state index in [0.29, 0.717) is 19.6 Å². The lowest BCUT2D eigenvalue weighted by atomic mass is 10.2. The highest BCUT2D eigenvalue weighted by Gasteiger charge is 2.32. The smallest absolute Gasteiger partial charge is 0.242 e. The Morgan fingerprint density at radius 2 is 2.08 bits per heavy atom. The van der Waals surface area contributed by atoms with Crippen LogP contribution in [0.3, 0.4) is 0 Å². The molecule has 0 aromatic heterocycles. The molecule has 0 saturated carbocycles. The van der Waals surface area contributed by atoms with Crippen molar-refractivity contribution in [3.8, 4) is 0 Å². The minimum Gasteiger partial charge on any atom is -0.338 e. The number of carbonyl (C=O) groups is 2. The van der Waals surface area contributed by atoms with Gasteiger partial charge in [0.25, 0.3) is 0 Å². The SMILES string of the molecule is CCCN1CC(N)N(C(=O)CN(C)NCc2ccccc2)CC1=O. The average molecular weight is 333 g/mol. The van der Waals surface area contributed by atoms with Crippen LogP contribution in [-0.4, -0.2) is 66.0 Å². The lowest BCUT2D eigenvalue weighted by Crippen LogP contribution is -2.62. The van der Waals surface area contributed by atoms with E-state index >= 15 is 0 Å². The van der Waals surface area contributed by atoms with Crippen molar-refractivity contribution in [1.82, 2.24) is 20.2 Å². The Morgan fingerprint density at radius 3 is 2.75 bits per heavy atom. The van der Waals surface area contributed by atoms with Crippen LogP contribution in [0.2, 0.25) is 0 Å². The van der Waals surface area contributed by atoms with Crippen LogP contribution >= 0.6 is 0 Å². The van der Waals surface area contributed by atoms with E-state index in [0.717, 1.165) is 12.0 Å². The number of hydrogen-bond donors (Lipinski definition) is 2. The molecule has 132 valence electrons. The standard InChI is InChI=1S/C17H27N5O2/c1-3-9-21-11-15(18)22(13-16(21)23)17(24)12-20(2)19-10-14-7-5-4-6-8-14/h4-8,15,19H,3,9-13,18H2,1-2H3. The normalized spacial score (nSPS) is 18.3. The van der Waals surface area contributed by atoms with Gasteiger partial charge < -0.3 is 15.5 Å². The van der Waals surface area contributed by atoms with Gasteiger partial charge in [-0.3, -0.25) is 15.0 Å². The average Bonchev–Trinajstić information content (AvgIpc) is 2.57. The van der Waals surface area contributed by atoms with Crippen molar-refractivity contribution >= 4 is 11.8 Å². The third kappa shape index (κ3) is 5.02. The zero-order valence-electron chi connectivity index (χ0n) is 14.4. The fourth-order valence-corrected chi connectivity index (χ4v) is 2.72. The summed E-state index contributed by atoms with van der Waals surface area (Å²) >= 11 is 0. The van der Waals surface area contributed by atoms with Crippen LogP contribution in [0, 0.1) is 0 Å². The lowest BCUT2D eigenvalue weighted by Gasteiger charge is -2.39. The molecule has 0 bridgehead atoms. The lowest BCUT2D eigenvalue weighted by molar-refractivity contribution is -0.149. The molecule has 1 unspecified atom stereocenters. The highest BCUT2D eigenvalue weighted by Crippen LogP contribution is 2.09. The zero-order chi connectivity index (χ0) is 17.5. The largest absolute Gasteiger partial charge is 0.338 e. The molecule has 1 aromatic rings. The van der Waals surface area contributed by atoms with Gasteiger partial charge in [-0.25, -0.2) is 5.01 Å². The summed E-state index contributed by atoms with van der Waals surface area (Å²) in [4.78, 5) is 27.7. The van der Waals surface area contributed by atoms with E-state index in [9.17, 15) is 9.59 Å². The summed E-state index contributed by atoms with van der Waals surface area (Å²) in [6.45, 7) is 3.98. The molecule has 2 amide bonds. The Hall–Kier alpha value is -1.96. The molecular formula is C17H27N5O2. The Balaban J connectivity index is 1.82. The van der Waals surface area contributed by atoms with Gasteiger partial charge in [0.1, 0.15) is 6.54 Å². The van der Waals surface area contributed by atoms with Crippen molar-refractivity contribution in [2.75, 3.05) is 33.2 Å². The summed E-state index contributed by atoms with van der Waals surface area (Å²) < 4.78 is 0. The number of hydrazine groups is 1. The highest BCUT2D eigenvalue weighted by atomic mass is 16.2. The third-order valence-corrected chi connectivity index (χ3v) is 4.05. The van der Waals surface area contributed by atoms with Gasteiger partial charge in [0.2, 0.25) is 11.8 Å². The third-order valence-electron chi connectivity index (χ3n) is 4.05. The van der Waals surface area contributed by atoms with Crippen LogP contribution in [-0.2, 0) is 16.1 Å². The number of rotatable bonds is 7. The molecule has 7 heteroatoms. The molecule has 1 fully saturated rings. The maximum atomic E-state index is 12.4. The van der Waals surface area contributed by atoms with Gasteiger partial charge >= 0.3 is 0 Å². The van der Waals surface area contributed by atoms with Crippen LogP contribution in [0.5, 0.6) is 0 Å². The van der Waals surface area contributed by atoms with Gasteiger partial charge in [0.05, 0.1) is 19.3 Å². The monoisotopic (exact) mass is 333 g/mol. The predicted molar refractivity (Wildman–Crippen MR) is 92.5 cm³/mol. The molecule has 0 aliphatic carbocycles. The summed E-state index contributed by atoms with van der Waals surface area (Å²) in [5.41, 5.74) is 10.4. The molecule has 1 saturated heterocycles. The first-order valence-corrected chi connectivity index (χ1v) is 8.32. The van der Waals surface area contributed by atoms with Crippen LogP contribution in [0.25, 0.3) is 0 Å². The molecule has 0 radical (unpaired) electrons. The molecule has 1 atom stereocenters. The number of nitrogens with zero attached hydrogens (tertiary/aromatic N) is 3. The number of hydrogen-bond acceptors (Lipinski definition) is 5. The molecular weight excluding hydrogens is 306 g/mol. The van der Waals surface area contributed by atoms with Crippen molar-refractivity contribution in [1.29, 1.82) is 0 Å². The second kappa shape index (κ2) is 8.77. The fraction of sp³-hybridized carbons (Fsp3) is 0.529. The van der Waals surface area contributed by atoms with Crippen molar-refractivity contribution in [2.24, 2.45) is 5.73 Å². The van der Waals surface area contributed by atoms with Crippen LogP contribution < -0.4 is 11.2 Å². The Bertz CT molecular complexity index is 551. The fourth-order valence-electron chi connectivity index (χ4n) is 2.72. The summed E-state index contributed by atoms with van der Waals surface area (Å²) in [5, 5.41) is 1.73. The van der Waals surface area contributed by atoms with Crippen molar-refractivity contribution in [3.05, 3.63) is 35.9 Å². The van der Waals surface area contributed by atoms with E-state index in [4.69, 9.17) is 5.73 Å². The maximum Gasteiger partial charge on any atom is 0.242 e. The predicted octanol–water partition coefficient (Wildman–Crippen LogP) is -0.0114. The highest BCUT2D eigenvalue weighted by molar-refractivity contribution is 5.87. The number of likely N-dealkylation sites (N-methyl/N-ethyl adjacent to an activating group) is 1. The van der Waals surface area contributed by atoms with E-state index in [1.165, 1.54) is 4.90 Å². The topological polar surface area (TPSA) is 81.9 Å². The minimum atomic E-state index is -0.440. The first-order chi connectivity index (χ1) is 11.5. The van der Waals surface area contributed by atoms with E-state index in [1.54, 1.807) is 9.91 Å². The molecule has 7 nitrogen and oxygen atoms in total. The van der Waals surface area contributed by atoms with E-state index in [2.05, 4.69) is 5.43 Å². The first-order valence-electron chi connectivity index (χ1n) is 8.32. The summed E-state index contributed by atoms with van der Waals surface area (Å²) in [6, 6.07) is 9.95. The Kier molecular flexibility index (Phi) is 6.72. The molecule has 24 heavy (non-hydrogen) atoms. The van der Waals surface area contributed by atoms with E-state index < -0.39 is 6.17 Å². The molecule has 1 aliphatic heterocycles. The summed E-state index contributed by atoms with van der Waals surface area (Å²) in [7, 11) is 1.81. The van der Waals surface area contributed by atoms with Crippen LogP contribution in [0.15, 0.2) is 30.3 Å². The molecule has 3 N–H and O–H groups in total. The van der Waals surface area contributed by atoms with Gasteiger partial charge in [0, 0.05) is 20.1 Å². The van der Waals surface area contributed by atoms with E-state index in [1.807, 2.05) is 44.3 Å². The van der Waals surface area contributed by atoms with Gasteiger partial charge in [-0.1, -0.05) is 37.3 Å². The number of piperazine rings is 1. The van der Waals surface area contributed by atoms with Crippen molar-refractivity contribution < 1.29 is 9.59 Å². The maximum absolute atomic E-state index is 12.4. The molecule has 2 rings (SSSR count). The van der Waals surface area contributed by atoms with Crippen LogP contribution in [0.4, 0.5) is 0 Å². The number of carbonyl (C=O) groups excluding carboxylic acids is 2. The van der Waals surface area contributed by atoms with Crippen molar-refractivity contribution in [2.45, 2.75) is 26.1 Å².